The Morgan fingerprint density at radius 1 is 1.16 bits per heavy atom. The van der Waals surface area contributed by atoms with Crippen molar-refractivity contribution in [1.29, 1.82) is 0 Å². The third-order valence-corrected chi connectivity index (χ3v) is 3.75. The number of halogens is 1. The second kappa shape index (κ2) is 9.63. The SMILES string of the molecule is O=C(CCOc1cccc(Br)c1)NCCNc1ccccc1[N+](=O)[O-]. The zero-order chi connectivity index (χ0) is 18.1. The van der Waals surface area contributed by atoms with E-state index in [2.05, 4.69) is 26.6 Å². The average molecular weight is 408 g/mol. The number of para-hydroxylation sites is 2. The third-order valence-electron chi connectivity index (χ3n) is 3.26. The number of ether oxygens (including phenoxy) is 1. The minimum atomic E-state index is -0.444. The molecule has 1 amide bonds. The first-order valence-corrected chi connectivity index (χ1v) is 8.48. The van der Waals surface area contributed by atoms with Crippen LogP contribution in [0, 0.1) is 10.1 Å². The number of carbonyl (C=O) groups is 1. The summed E-state index contributed by atoms with van der Waals surface area (Å²) in [6, 6.07) is 13.8. The number of nitro benzene ring substituents is 1. The highest BCUT2D eigenvalue weighted by Crippen LogP contribution is 2.22. The molecule has 0 spiro atoms. The van der Waals surface area contributed by atoms with Gasteiger partial charge in [-0.2, -0.15) is 0 Å². The van der Waals surface area contributed by atoms with Crippen molar-refractivity contribution in [2.45, 2.75) is 6.42 Å². The summed E-state index contributed by atoms with van der Waals surface area (Å²) in [4.78, 5) is 22.2. The summed E-state index contributed by atoms with van der Waals surface area (Å²) in [6.07, 6.45) is 0.234. The summed E-state index contributed by atoms with van der Waals surface area (Å²) >= 11 is 3.35. The van der Waals surface area contributed by atoms with Gasteiger partial charge in [0.1, 0.15) is 11.4 Å². The Bertz CT molecular complexity index is 739. The van der Waals surface area contributed by atoms with Gasteiger partial charge in [0.15, 0.2) is 0 Å². The molecule has 0 aliphatic rings. The van der Waals surface area contributed by atoms with Gasteiger partial charge in [-0.1, -0.05) is 34.1 Å². The molecular formula is C17H18BrN3O4. The van der Waals surface area contributed by atoms with Crippen molar-refractivity contribution in [1.82, 2.24) is 5.32 Å². The molecule has 2 N–H and O–H groups in total. The van der Waals surface area contributed by atoms with E-state index in [1.807, 2.05) is 24.3 Å². The van der Waals surface area contributed by atoms with Gasteiger partial charge in [0.25, 0.3) is 5.69 Å². The lowest BCUT2D eigenvalue weighted by molar-refractivity contribution is -0.384. The summed E-state index contributed by atoms with van der Waals surface area (Å²) in [5.74, 6) is 0.555. The Labute approximate surface area is 153 Å². The summed E-state index contributed by atoms with van der Waals surface area (Å²) in [7, 11) is 0. The predicted octanol–water partition coefficient (Wildman–Crippen LogP) is 3.35. The van der Waals surface area contributed by atoms with Crippen molar-refractivity contribution >= 4 is 33.2 Å². The number of nitrogens with zero attached hydrogens (tertiary/aromatic N) is 1. The minimum absolute atomic E-state index is 0.0104. The summed E-state index contributed by atoms with van der Waals surface area (Å²) in [6.45, 7) is 1.03. The van der Waals surface area contributed by atoms with Crippen LogP contribution in [0.4, 0.5) is 11.4 Å². The molecule has 0 atom stereocenters. The van der Waals surface area contributed by atoms with Gasteiger partial charge >= 0.3 is 0 Å². The molecule has 132 valence electrons. The highest BCUT2D eigenvalue weighted by molar-refractivity contribution is 9.10. The number of hydrogen-bond donors (Lipinski definition) is 2. The first kappa shape index (κ1) is 18.7. The molecule has 2 aromatic carbocycles. The normalized spacial score (nSPS) is 10.1. The van der Waals surface area contributed by atoms with Crippen LogP contribution in [0.25, 0.3) is 0 Å². The maximum absolute atomic E-state index is 11.8. The second-order valence-corrected chi connectivity index (χ2v) is 6.02. The van der Waals surface area contributed by atoms with Gasteiger partial charge in [0.2, 0.25) is 5.91 Å². The van der Waals surface area contributed by atoms with Crippen molar-refractivity contribution in [2.24, 2.45) is 0 Å². The van der Waals surface area contributed by atoms with Crippen molar-refractivity contribution in [3.8, 4) is 5.75 Å². The van der Waals surface area contributed by atoms with Crippen LogP contribution in [0.1, 0.15) is 6.42 Å². The number of benzene rings is 2. The Kier molecular flexibility index (Phi) is 7.21. The van der Waals surface area contributed by atoms with E-state index in [1.165, 1.54) is 6.07 Å². The molecule has 2 aromatic rings. The quantitative estimate of drug-likeness (QED) is 0.377. The van der Waals surface area contributed by atoms with E-state index in [9.17, 15) is 14.9 Å². The van der Waals surface area contributed by atoms with Gasteiger partial charge in [-0.3, -0.25) is 14.9 Å². The Morgan fingerprint density at radius 2 is 1.96 bits per heavy atom. The van der Waals surface area contributed by atoms with Crippen molar-refractivity contribution < 1.29 is 14.5 Å². The lowest BCUT2D eigenvalue weighted by Gasteiger charge is -2.09. The smallest absolute Gasteiger partial charge is 0.292 e. The molecule has 0 heterocycles. The van der Waals surface area contributed by atoms with Crippen molar-refractivity contribution in [3.05, 3.63) is 63.1 Å². The van der Waals surface area contributed by atoms with Gasteiger partial charge in [-0.25, -0.2) is 0 Å². The van der Waals surface area contributed by atoms with Gasteiger partial charge in [-0.15, -0.1) is 0 Å². The molecule has 0 bridgehead atoms. The highest BCUT2D eigenvalue weighted by atomic mass is 79.9. The topological polar surface area (TPSA) is 93.5 Å². The fourth-order valence-corrected chi connectivity index (χ4v) is 2.47. The number of rotatable bonds is 9. The molecule has 0 saturated heterocycles. The summed E-state index contributed by atoms with van der Waals surface area (Å²) < 4.78 is 6.41. The molecule has 8 heteroatoms. The minimum Gasteiger partial charge on any atom is -0.493 e. The van der Waals surface area contributed by atoms with Gasteiger partial charge < -0.3 is 15.4 Å². The third kappa shape index (κ3) is 6.42. The van der Waals surface area contributed by atoms with E-state index in [0.717, 1.165) is 4.47 Å². The first-order valence-electron chi connectivity index (χ1n) is 7.68. The summed E-state index contributed by atoms with van der Waals surface area (Å²) in [5.41, 5.74) is 0.441. The molecule has 2 rings (SSSR count). The van der Waals surface area contributed by atoms with Crippen LogP contribution in [0.15, 0.2) is 53.0 Å². The Balaban J connectivity index is 1.65. The maximum atomic E-state index is 11.8. The van der Waals surface area contributed by atoms with E-state index in [-0.39, 0.29) is 24.6 Å². The number of anilines is 1. The molecule has 0 fully saturated rings. The fourth-order valence-electron chi connectivity index (χ4n) is 2.09. The molecule has 0 saturated carbocycles. The van der Waals surface area contributed by atoms with Crippen LogP contribution >= 0.6 is 15.9 Å². The monoisotopic (exact) mass is 407 g/mol. The number of nitrogens with one attached hydrogen (secondary N) is 2. The van der Waals surface area contributed by atoms with Gasteiger partial charge in [0.05, 0.1) is 18.0 Å². The van der Waals surface area contributed by atoms with Gasteiger partial charge in [-0.05, 0) is 24.3 Å². The molecule has 0 aromatic heterocycles. The fraction of sp³-hybridized carbons (Fsp3) is 0.235. The van der Waals surface area contributed by atoms with Crippen molar-refractivity contribution in [2.75, 3.05) is 25.0 Å². The Hall–Kier alpha value is -2.61. The number of carbonyl (C=O) groups excluding carboxylic acids is 1. The highest BCUT2D eigenvalue weighted by Gasteiger charge is 2.11. The predicted molar refractivity (Wildman–Crippen MR) is 98.8 cm³/mol. The van der Waals surface area contributed by atoms with E-state index in [1.54, 1.807) is 18.2 Å². The molecule has 25 heavy (non-hydrogen) atoms. The molecule has 0 aliphatic heterocycles. The van der Waals surface area contributed by atoms with E-state index in [0.29, 0.717) is 24.5 Å². The Morgan fingerprint density at radius 3 is 2.72 bits per heavy atom. The van der Waals surface area contributed by atoms with E-state index < -0.39 is 4.92 Å². The second-order valence-electron chi connectivity index (χ2n) is 5.11. The number of nitro groups is 1. The first-order chi connectivity index (χ1) is 12.1. The number of hydrogen-bond acceptors (Lipinski definition) is 5. The summed E-state index contributed by atoms with van der Waals surface area (Å²) in [5, 5.41) is 16.6. The number of amides is 1. The van der Waals surface area contributed by atoms with E-state index in [4.69, 9.17) is 4.74 Å². The van der Waals surface area contributed by atoms with E-state index >= 15 is 0 Å². The zero-order valence-electron chi connectivity index (χ0n) is 13.4. The molecule has 0 unspecified atom stereocenters. The van der Waals surface area contributed by atoms with Crippen LogP contribution in [0.5, 0.6) is 5.75 Å². The molecule has 7 nitrogen and oxygen atoms in total. The lowest BCUT2D eigenvalue weighted by Crippen LogP contribution is -2.29. The molecule has 0 radical (unpaired) electrons. The van der Waals surface area contributed by atoms with Gasteiger partial charge in [0, 0.05) is 23.6 Å². The lowest BCUT2D eigenvalue weighted by atomic mass is 10.2. The van der Waals surface area contributed by atoms with Crippen LogP contribution in [0.2, 0.25) is 0 Å². The molecular weight excluding hydrogens is 390 g/mol. The average Bonchev–Trinajstić information content (AvgIpc) is 2.59. The van der Waals surface area contributed by atoms with Crippen LogP contribution < -0.4 is 15.4 Å². The van der Waals surface area contributed by atoms with Crippen LogP contribution in [-0.4, -0.2) is 30.5 Å². The largest absolute Gasteiger partial charge is 0.493 e. The van der Waals surface area contributed by atoms with Crippen molar-refractivity contribution in [3.63, 3.8) is 0 Å². The zero-order valence-corrected chi connectivity index (χ0v) is 15.0. The van der Waals surface area contributed by atoms with Crippen LogP contribution in [0.3, 0.4) is 0 Å². The standard InChI is InChI=1S/C17H18BrN3O4/c18-13-4-3-5-14(12-13)25-11-8-17(22)20-10-9-19-15-6-1-2-7-16(15)21(23)24/h1-7,12,19H,8-11H2,(H,20,22). The molecule has 0 aliphatic carbocycles. The van der Waals surface area contributed by atoms with Crippen LogP contribution in [-0.2, 0) is 4.79 Å². The maximum Gasteiger partial charge on any atom is 0.292 e.